The zero-order chi connectivity index (χ0) is 30.5. The Bertz CT molecular complexity index is 2600. The molecule has 2 aliphatic rings. The summed E-state index contributed by atoms with van der Waals surface area (Å²) in [4.78, 5) is 0. The molecular weight excluding hydrogens is 555 g/mol. The maximum absolute atomic E-state index is 4.24. The third-order valence-electron chi connectivity index (χ3n) is 10.3. The number of hydrogen-bond acceptors (Lipinski definition) is 0. The van der Waals surface area contributed by atoms with Gasteiger partial charge in [-0.2, -0.15) is 0 Å². The predicted octanol–water partition coefficient (Wildman–Crippen LogP) is 9.41. The SMILES string of the molecule is C=C/C=C1/B2c3c(c(-c4ccccc4)cc(-c4ccccc4)c3-n3c4ccccc4c4cccc2c43)-n2c1c(C)c1ccccc12. The Morgan fingerprint density at radius 3 is 1.83 bits per heavy atom. The Morgan fingerprint density at radius 1 is 0.587 bits per heavy atom. The van der Waals surface area contributed by atoms with Crippen LogP contribution in [-0.2, 0) is 0 Å². The summed E-state index contributed by atoms with van der Waals surface area (Å²) in [5, 5.41) is 3.87. The summed E-state index contributed by atoms with van der Waals surface area (Å²) >= 11 is 0. The zero-order valence-electron chi connectivity index (χ0n) is 25.5. The fourth-order valence-electron chi connectivity index (χ4n) is 8.52. The van der Waals surface area contributed by atoms with Crippen molar-refractivity contribution in [1.29, 1.82) is 0 Å². The van der Waals surface area contributed by atoms with Gasteiger partial charge in [-0.15, -0.1) is 0 Å². The number of fused-ring (bicyclic) bond motifs is 9. The molecule has 0 fully saturated rings. The summed E-state index contributed by atoms with van der Waals surface area (Å²) in [7, 11) is 0. The highest BCUT2D eigenvalue weighted by Crippen LogP contribution is 2.47. The van der Waals surface area contributed by atoms with Crippen molar-refractivity contribution in [1.82, 2.24) is 9.13 Å². The van der Waals surface area contributed by atoms with Crippen molar-refractivity contribution in [3.8, 4) is 33.6 Å². The fraction of sp³-hybridized carbons (Fsp3) is 0.0233. The van der Waals surface area contributed by atoms with Crippen LogP contribution in [0.1, 0.15) is 11.3 Å². The normalized spacial score (nSPS) is 13.8. The minimum absolute atomic E-state index is 0.0325. The number of rotatable bonds is 3. The number of nitrogens with zero attached hydrogens (tertiary/aromatic N) is 2. The molecule has 214 valence electrons. The van der Waals surface area contributed by atoms with E-state index < -0.39 is 0 Å². The van der Waals surface area contributed by atoms with Crippen LogP contribution in [0.5, 0.6) is 0 Å². The van der Waals surface area contributed by atoms with Gasteiger partial charge in [0.1, 0.15) is 0 Å². The van der Waals surface area contributed by atoms with Gasteiger partial charge in [-0.3, -0.25) is 0 Å². The molecule has 2 aromatic heterocycles. The fourth-order valence-corrected chi connectivity index (χ4v) is 8.52. The van der Waals surface area contributed by atoms with Crippen LogP contribution in [0.4, 0.5) is 0 Å². The summed E-state index contributed by atoms with van der Waals surface area (Å²) in [6.07, 6.45) is 4.24. The van der Waals surface area contributed by atoms with Crippen molar-refractivity contribution < 1.29 is 0 Å². The monoisotopic (exact) mass is 584 g/mol. The molecule has 0 unspecified atom stereocenters. The molecule has 46 heavy (non-hydrogen) atoms. The molecule has 8 aromatic rings. The summed E-state index contributed by atoms with van der Waals surface area (Å²) in [6, 6.07) is 49.0. The second-order valence-corrected chi connectivity index (χ2v) is 12.5. The van der Waals surface area contributed by atoms with E-state index in [0.29, 0.717) is 0 Å². The van der Waals surface area contributed by atoms with Crippen LogP contribution in [-0.4, -0.2) is 15.8 Å². The minimum atomic E-state index is 0.0325. The maximum Gasteiger partial charge on any atom is 0.252 e. The van der Waals surface area contributed by atoms with Gasteiger partial charge in [-0.05, 0) is 58.2 Å². The van der Waals surface area contributed by atoms with Crippen LogP contribution >= 0.6 is 0 Å². The molecule has 0 atom stereocenters. The van der Waals surface area contributed by atoms with Crippen molar-refractivity contribution in [2.24, 2.45) is 0 Å². The summed E-state index contributed by atoms with van der Waals surface area (Å²) in [6.45, 7) is 6.57. The lowest BCUT2D eigenvalue weighted by molar-refractivity contribution is 1.08. The molecule has 0 radical (unpaired) electrons. The van der Waals surface area contributed by atoms with E-state index in [1.165, 1.54) is 94.0 Å². The van der Waals surface area contributed by atoms with Crippen molar-refractivity contribution in [2.75, 3.05) is 0 Å². The standard InChI is InChI=1S/C43H29BN2/c1-3-15-35-40-27(2)30-20-10-12-24-37(30)45(40)42-33(28-16-6-4-7-17-28)26-34(29-18-8-5-9-19-29)43-39(42)44(35)36-23-14-22-32-31-21-11-13-25-38(31)46(43)41(32)36/h3-26H,1H2,2H3/b35-15+. The summed E-state index contributed by atoms with van der Waals surface area (Å²) in [5.41, 5.74) is 17.8. The van der Waals surface area contributed by atoms with Gasteiger partial charge < -0.3 is 9.13 Å². The molecule has 2 aliphatic heterocycles. The van der Waals surface area contributed by atoms with E-state index in [1.54, 1.807) is 0 Å². The highest BCUT2D eigenvalue weighted by Gasteiger charge is 2.44. The van der Waals surface area contributed by atoms with Crippen molar-refractivity contribution >= 4 is 55.8 Å². The van der Waals surface area contributed by atoms with E-state index in [4.69, 9.17) is 0 Å². The number of aromatic nitrogens is 2. The van der Waals surface area contributed by atoms with Crippen LogP contribution < -0.4 is 10.9 Å². The maximum atomic E-state index is 4.24. The third kappa shape index (κ3) is 3.17. The predicted molar refractivity (Wildman–Crippen MR) is 196 cm³/mol. The Kier molecular flexibility index (Phi) is 5.19. The zero-order valence-corrected chi connectivity index (χ0v) is 25.5. The lowest BCUT2D eigenvalue weighted by Crippen LogP contribution is -2.53. The number of allylic oxidation sites excluding steroid dienone is 2. The lowest BCUT2D eigenvalue weighted by Gasteiger charge is -2.38. The van der Waals surface area contributed by atoms with E-state index in [9.17, 15) is 0 Å². The van der Waals surface area contributed by atoms with Crippen molar-refractivity contribution in [2.45, 2.75) is 6.92 Å². The van der Waals surface area contributed by atoms with Crippen molar-refractivity contribution in [3.05, 3.63) is 163 Å². The van der Waals surface area contributed by atoms with Gasteiger partial charge in [0.2, 0.25) is 0 Å². The molecule has 0 saturated carbocycles. The first kappa shape index (κ1) is 25.5. The molecule has 0 N–H and O–H groups in total. The van der Waals surface area contributed by atoms with E-state index >= 15 is 0 Å². The smallest absolute Gasteiger partial charge is 0.252 e. The molecule has 0 spiro atoms. The Morgan fingerprint density at radius 2 is 1.15 bits per heavy atom. The van der Waals surface area contributed by atoms with Gasteiger partial charge in [0.05, 0.1) is 22.4 Å². The first-order chi connectivity index (χ1) is 22.8. The van der Waals surface area contributed by atoms with Gasteiger partial charge in [-0.25, -0.2) is 0 Å². The molecule has 0 bridgehead atoms. The van der Waals surface area contributed by atoms with Crippen LogP contribution in [0.2, 0.25) is 0 Å². The number of para-hydroxylation sites is 3. The van der Waals surface area contributed by atoms with E-state index in [1.807, 2.05) is 6.08 Å². The molecule has 2 nitrogen and oxygen atoms in total. The lowest BCUT2D eigenvalue weighted by atomic mass is 9.32. The number of hydrogen-bond donors (Lipinski definition) is 0. The minimum Gasteiger partial charge on any atom is -0.310 e. The molecule has 4 heterocycles. The van der Waals surface area contributed by atoms with Gasteiger partial charge in [0.25, 0.3) is 6.71 Å². The van der Waals surface area contributed by atoms with Crippen molar-refractivity contribution in [3.63, 3.8) is 0 Å². The quantitative estimate of drug-likeness (QED) is 0.183. The average Bonchev–Trinajstić information content (AvgIpc) is 3.61. The largest absolute Gasteiger partial charge is 0.310 e. The van der Waals surface area contributed by atoms with Gasteiger partial charge in [0, 0.05) is 38.5 Å². The molecular formula is C43H29BN2. The van der Waals surface area contributed by atoms with Crippen LogP contribution in [0.15, 0.2) is 152 Å². The van der Waals surface area contributed by atoms with Gasteiger partial charge >= 0.3 is 0 Å². The number of aryl methyl sites for hydroxylation is 1. The van der Waals surface area contributed by atoms with E-state index in [2.05, 4.69) is 162 Å². The van der Waals surface area contributed by atoms with Gasteiger partial charge in [0.15, 0.2) is 0 Å². The first-order valence-corrected chi connectivity index (χ1v) is 16.0. The Hall–Kier alpha value is -5.80. The van der Waals surface area contributed by atoms with Crippen LogP contribution in [0.25, 0.3) is 71.8 Å². The van der Waals surface area contributed by atoms with Crippen LogP contribution in [0.3, 0.4) is 0 Å². The number of benzene rings is 6. The van der Waals surface area contributed by atoms with E-state index in [-0.39, 0.29) is 6.71 Å². The summed E-state index contributed by atoms with van der Waals surface area (Å²) < 4.78 is 5.13. The Labute approximate surface area is 268 Å². The highest BCUT2D eigenvalue weighted by molar-refractivity contribution is 7.03. The third-order valence-corrected chi connectivity index (χ3v) is 10.3. The second kappa shape index (κ2) is 9.36. The van der Waals surface area contributed by atoms with E-state index in [0.717, 1.165) is 0 Å². The summed E-state index contributed by atoms with van der Waals surface area (Å²) in [5.74, 6) is 0. The first-order valence-electron chi connectivity index (χ1n) is 16.0. The molecule has 0 amide bonds. The topological polar surface area (TPSA) is 9.86 Å². The molecule has 6 aromatic carbocycles. The molecule has 10 rings (SSSR count). The van der Waals surface area contributed by atoms with Crippen LogP contribution in [0, 0.1) is 6.92 Å². The Balaban J connectivity index is 1.53. The average molecular weight is 585 g/mol. The molecule has 3 heteroatoms. The molecule has 0 saturated heterocycles. The molecule has 0 aliphatic carbocycles. The van der Waals surface area contributed by atoms with Gasteiger partial charge in [-0.1, -0.05) is 134 Å². The second-order valence-electron chi connectivity index (χ2n) is 12.5. The highest BCUT2D eigenvalue weighted by atomic mass is 15.0.